The third kappa shape index (κ3) is 49.7. The summed E-state index contributed by atoms with van der Waals surface area (Å²) in [5.41, 5.74) is -2.75. The van der Waals surface area contributed by atoms with Crippen molar-refractivity contribution >= 4 is 50.3 Å². The molecule has 0 N–H and O–H groups in total. The van der Waals surface area contributed by atoms with Gasteiger partial charge in [-0.3, -0.25) is 27.3 Å². The molecule has 742 valence electrons. The van der Waals surface area contributed by atoms with Crippen molar-refractivity contribution in [1.82, 2.24) is 0 Å². The van der Waals surface area contributed by atoms with Crippen LogP contribution < -0.4 is 0 Å². The average molecular weight is 2020 g/mol. The molecule has 0 aliphatic carbocycles. The molecule has 139 heavy (non-hydrogen) atoms. The second-order valence-electron chi connectivity index (χ2n) is 28.7. The third-order valence-corrected chi connectivity index (χ3v) is 33.8. The normalized spacial score (nSPS) is 13.6. The SMILES string of the molecule is [C-]#[N+]CCC(C#N)(C=C)CCC#N.[C-]#[N+]CCC(C#N)(CC=C)CCC#N.[C-]#[N+]CCC(C#N)(CCC#N)OP(=O)(OCC)OCC.[C-]#[N+]CCC(C#N)(CCC#N)P(=O)(OC)OC.[C-]#[N+]CCC(C#N)(CCC#N)P(=O)(OCC)OCC.[C-]#[N+]CCC(C#N)(CCC#N)P(=O)(OCCC)OCCC.[C-]#[N+]CCC(C#N)(CCC#N)S(=O)(=O)c1ccccc1.[C-]#[N+]CCC(C#N)(CCC#N)S(C)(=O)=O. The van der Waals surface area contributed by atoms with Crippen LogP contribution in [0.15, 0.2) is 60.5 Å². The van der Waals surface area contributed by atoms with Gasteiger partial charge in [0.25, 0.3) is 0 Å². The molecule has 0 bridgehead atoms. The molecule has 41 nitrogen and oxygen atoms in total. The van der Waals surface area contributed by atoms with Gasteiger partial charge in [0.1, 0.15) is 0 Å². The van der Waals surface area contributed by atoms with Crippen molar-refractivity contribution in [3.63, 3.8) is 0 Å². The molecular weight excluding hydrogens is 1900 g/mol. The van der Waals surface area contributed by atoms with Crippen molar-refractivity contribution in [2.75, 3.05) is 112 Å². The number of hydrogen-bond donors (Lipinski definition) is 0. The van der Waals surface area contributed by atoms with Crippen molar-refractivity contribution in [1.29, 1.82) is 84.2 Å². The topological polar surface area (TPSA) is 635 Å². The first kappa shape index (κ1) is 139. The summed E-state index contributed by atoms with van der Waals surface area (Å²) in [5.74, 6) is 0. The smallest absolute Gasteiger partial charge is 0.317 e. The largest absolute Gasteiger partial charge is 0.476 e. The minimum Gasteiger partial charge on any atom is -0.317 e. The van der Waals surface area contributed by atoms with Crippen molar-refractivity contribution in [3.05, 3.63) is 147 Å². The molecule has 1 rings (SSSR count). The zero-order valence-electron chi connectivity index (χ0n) is 80.2. The molecule has 0 radical (unpaired) electrons. The molecule has 8 atom stereocenters. The Morgan fingerprint density at radius 1 is 0.360 bits per heavy atom. The Hall–Kier alpha value is -13.1. The zero-order valence-corrected chi connectivity index (χ0v) is 85.4. The summed E-state index contributed by atoms with van der Waals surface area (Å²) >= 11 is 0. The Kier molecular flexibility index (Phi) is 79.9. The van der Waals surface area contributed by atoms with E-state index >= 15 is 0 Å². The quantitative estimate of drug-likeness (QED) is 0.0332. The van der Waals surface area contributed by atoms with Crippen LogP contribution in [0.4, 0.5) is 0 Å². The average Bonchev–Trinajstić information content (AvgIpc) is 1.08. The van der Waals surface area contributed by atoms with Gasteiger partial charge < -0.3 is 65.9 Å². The molecular formula is C92H120N24O17P4S2. The Morgan fingerprint density at radius 2 is 0.683 bits per heavy atom. The number of phosphoric acid groups is 1. The number of sulfone groups is 2. The highest BCUT2D eigenvalue weighted by Gasteiger charge is 2.55. The number of hydrogen-bond acceptors (Lipinski definition) is 33. The standard InChI is InChI=1S/C14H22N3O3P.C14H13N3O2S.C12H18N3O4P.C12H18N3O3P.C11H13N3.C10H14N3O3P.C10H11N3.C9H11N3O2S/c1-4-11-19-21(18,20-12-5-2)14(13-16,7-6-9-15)8-10-17-3;1-17-11-9-14(12-16,8-5-10-15)20(18,19)13-6-3-2-4-7-13;1-4-17-20(16,18-5-2)19-12(11-14,7-6-9-13)8-10-15-3;1-4-17-19(16,18-5-2)12(11-14,7-6-9-13)8-10-15-3;1-3-5-11(10-13,6-4-8-12)7-9-14-2;1-13-8-6-10(9-12,5-4-7-11)17(14,15-2)16-3;1-3-10(9-12,5-4-7-11)6-8-13-2;1-12-7-5-9(8-11,4-3-6-10)15(2,13)14/h4-8,10-12H2,1-2H3;2-4,6-7H,5,8-9,11H2;4-8,10H2,1-2H3;4-8,10H2,1-2H3;3H,1,4-7,9H2;4-6,8H2,2-3H3;3H,1,4-6,8H2;3-5,7H2,2H3. The fraction of sp³-hybridized carbons (Fsp3) is 0.630. The lowest BCUT2D eigenvalue weighted by molar-refractivity contribution is 0.0395. The Labute approximate surface area is 823 Å². The van der Waals surface area contributed by atoms with E-state index in [0.29, 0.717) is 70.9 Å². The molecule has 0 aliphatic rings. The second kappa shape index (κ2) is 79.9. The molecule has 0 heterocycles. The van der Waals surface area contributed by atoms with Crippen molar-refractivity contribution < 1.29 is 75.8 Å². The predicted octanol–water partition coefficient (Wildman–Crippen LogP) is 20.7. The molecule has 0 amide bonds. The van der Waals surface area contributed by atoms with E-state index in [1.54, 1.807) is 64.1 Å². The van der Waals surface area contributed by atoms with Gasteiger partial charge in [-0.05, 0) is 104 Å². The van der Waals surface area contributed by atoms with Crippen LogP contribution in [-0.4, -0.2) is 160 Å². The van der Waals surface area contributed by atoms with Gasteiger partial charge in [0.05, 0.1) is 191 Å². The first-order valence-electron chi connectivity index (χ1n) is 42.9. The van der Waals surface area contributed by atoms with Crippen LogP contribution in [0, 0.1) is 245 Å². The second-order valence-corrected chi connectivity index (χ2v) is 42.2. The third-order valence-electron chi connectivity index (χ3n) is 19.8. The maximum absolute atomic E-state index is 13.1. The summed E-state index contributed by atoms with van der Waals surface area (Å²) in [6.45, 7) is 73.1. The van der Waals surface area contributed by atoms with Crippen LogP contribution in [0.2, 0.25) is 0 Å². The lowest BCUT2D eigenvalue weighted by atomic mass is 9.79. The highest BCUT2D eigenvalue weighted by molar-refractivity contribution is 7.93. The minimum absolute atomic E-state index is 0.00136. The molecule has 8 unspecified atom stereocenters. The van der Waals surface area contributed by atoms with Gasteiger partial charge in [-0.25, -0.2) is 74.0 Å². The Balaban J connectivity index is -0.000000288. The van der Waals surface area contributed by atoms with E-state index in [1.165, 1.54) is 26.4 Å². The number of nitriles is 16. The molecule has 0 saturated carbocycles. The first-order chi connectivity index (χ1) is 66.1. The zero-order chi connectivity index (χ0) is 108. The lowest BCUT2D eigenvalue weighted by Crippen LogP contribution is -2.38. The van der Waals surface area contributed by atoms with Gasteiger partial charge in [-0.1, -0.05) is 44.2 Å². The molecule has 0 spiro atoms. The maximum Gasteiger partial charge on any atom is 0.476 e. The van der Waals surface area contributed by atoms with Crippen molar-refractivity contribution in [3.8, 4) is 97.1 Å². The Morgan fingerprint density at radius 3 is 1.00 bits per heavy atom. The van der Waals surface area contributed by atoms with E-state index < -0.39 is 91.7 Å². The van der Waals surface area contributed by atoms with Crippen LogP contribution >= 0.6 is 30.6 Å². The van der Waals surface area contributed by atoms with Gasteiger partial charge in [0.15, 0.2) is 50.2 Å². The van der Waals surface area contributed by atoms with E-state index in [9.17, 15) is 61.4 Å². The molecule has 47 heteroatoms. The summed E-state index contributed by atoms with van der Waals surface area (Å²) in [5, 5.41) is 138. The van der Waals surface area contributed by atoms with Crippen LogP contribution in [0.5, 0.6) is 0 Å². The van der Waals surface area contributed by atoms with E-state index in [2.05, 4.69) is 64.1 Å². The Bertz CT molecular complexity index is 5320. The van der Waals surface area contributed by atoms with E-state index in [0.717, 1.165) is 6.26 Å². The van der Waals surface area contributed by atoms with Gasteiger partial charge in [0, 0.05) is 91.1 Å². The van der Waals surface area contributed by atoms with Crippen molar-refractivity contribution in [2.24, 2.45) is 10.8 Å². The highest BCUT2D eigenvalue weighted by atomic mass is 32.2. The fourth-order valence-corrected chi connectivity index (χ4v) is 22.4. The van der Waals surface area contributed by atoms with Gasteiger partial charge in [0.2, 0.25) is 52.4 Å². The van der Waals surface area contributed by atoms with Gasteiger partial charge >= 0.3 is 30.6 Å². The summed E-state index contributed by atoms with van der Waals surface area (Å²) in [4.78, 5) is 25.4. The fourth-order valence-electron chi connectivity index (χ4n) is 11.9. The molecule has 0 fully saturated rings. The summed E-state index contributed by atoms with van der Waals surface area (Å²) in [7, 11) is -20.0. The number of benzene rings is 1. The van der Waals surface area contributed by atoms with Crippen LogP contribution in [0.3, 0.4) is 0 Å². The minimum atomic E-state index is -3.91. The summed E-state index contributed by atoms with van der Waals surface area (Å²) in [6, 6.07) is 38.8. The number of phosphoric ester groups is 1. The molecule has 1 aromatic rings. The molecule has 0 saturated heterocycles. The van der Waals surface area contributed by atoms with Crippen LogP contribution in [0.25, 0.3) is 38.8 Å². The monoisotopic (exact) mass is 2020 g/mol. The van der Waals surface area contributed by atoms with Gasteiger partial charge in [-0.15, -0.1) is 13.2 Å². The van der Waals surface area contributed by atoms with E-state index in [-0.39, 0.29) is 199 Å². The predicted molar refractivity (Wildman–Crippen MR) is 512 cm³/mol. The molecule has 1 aromatic carbocycles. The van der Waals surface area contributed by atoms with Crippen LogP contribution in [-0.2, 0) is 78.6 Å². The summed E-state index contributed by atoms with van der Waals surface area (Å²) < 4.78 is 142. The first-order valence-corrected chi connectivity index (χ1v) is 52.3. The van der Waals surface area contributed by atoms with E-state index in [4.69, 9.17) is 151 Å². The number of nitrogens with zero attached hydrogens (tertiary/aromatic N) is 24. The van der Waals surface area contributed by atoms with E-state index in [1.807, 2.05) is 92.7 Å². The molecule has 0 aromatic heterocycles. The maximum atomic E-state index is 13.1. The number of rotatable bonds is 59. The highest BCUT2D eigenvalue weighted by Crippen LogP contribution is 2.65. The van der Waals surface area contributed by atoms with Gasteiger partial charge in [-0.2, -0.15) is 84.2 Å². The lowest BCUT2D eigenvalue weighted by Gasteiger charge is -2.32. The summed E-state index contributed by atoms with van der Waals surface area (Å²) in [6.07, 6.45) is 9.21. The number of allylic oxidation sites excluding steroid dienone is 2. The van der Waals surface area contributed by atoms with Crippen molar-refractivity contribution in [2.45, 2.75) is 250 Å². The molecule has 0 aliphatic heterocycles. The van der Waals surface area contributed by atoms with Crippen LogP contribution in [0.1, 0.15) is 215 Å².